The van der Waals surface area contributed by atoms with Crippen molar-refractivity contribution in [3.05, 3.63) is 65.9 Å². The minimum absolute atomic E-state index is 0.102. The van der Waals surface area contributed by atoms with E-state index in [1.54, 1.807) is 6.20 Å². The van der Waals surface area contributed by atoms with Gasteiger partial charge >= 0.3 is 0 Å². The molecule has 2 aromatic carbocycles. The molecule has 0 aliphatic rings. The number of nitrogens with one attached hydrogen (secondary N) is 3. The van der Waals surface area contributed by atoms with Crippen molar-refractivity contribution in [2.45, 2.75) is 20.4 Å². The summed E-state index contributed by atoms with van der Waals surface area (Å²) in [5, 5.41) is 17.0. The van der Waals surface area contributed by atoms with Crippen LogP contribution in [0.5, 0.6) is 0 Å². The summed E-state index contributed by atoms with van der Waals surface area (Å²) in [5.41, 5.74) is 3.95. The van der Waals surface area contributed by atoms with E-state index in [1.165, 1.54) is 12.5 Å². The zero-order valence-corrected chi connectivity index (χ0v) is 14.7. The zero-order chi connectivity index (χ0) is 18.4. The number of carbonyl (C=O) groups excluding carboxylic acids is 1. The lowest BCUT2D eigenvalue weighted by Crippen LogP contribution is -2.07. The molecule has 0 spiro atoms. The number of aromatic nitrogens is 3. The Bertz CT molecular complexity index is 877. The fourth-order valence-corrected chi connectivity index (χ4v) is 2.31. The highest BCUT2D eigenvalue weighted by Gasteiger charge is 2.02. The molecule has 0 saturated carbocycles. The molecule has 1 heterocycles. The van der Waals surface area contributed by atoms with E-state index in [0.717, 1.165) is 16.9 Å². The molecule has 7 heteroatoms. The number of benzene rings is 2. The zero-order valence-electron chi connectivity index (χ0n) is 14.7. The summed E-state index contributed by atoms with van der Waals surface area (Å²) in [6.45, 7) is 4.16. The lowest BCUT2D eigenvalue weighted by atomic mass is 10.1. The van der Waals surface area contributed by atoms with Gasteiger partial charge in [-0.05, 0) is 36.8 Å². The van der Waals surface area contributed by atoms with Crippen molar-refractivity contribution in [3.63, 3.8) is 0 Å². The second-order valence-electron chi connectivity index (χ2n) is 5.89. The molecule has 3 rings (SSSR count). The molecule has 0 unspecified atom stereocenters. The van der Waals surface area contributed by atoms with Crippen molar-refractivity contribution in [3.8, 4) is 0 Å². The molecule has 0 atom stereocenters. The minimum atomic E-state index is -0.102. The van der Waals surface area contributed by atoms with Crippen LogP contribution in [0.1, 0.15) is 18.1 Å². The molecule has 0 fully saturated rings. The smallest absolute Gasteiger partial charge is 0.244 e. The van der Waals surface area contributed by atoms with Crippen LogP contribution in [-0.4, -0.2) is 21.1 Å². The molecule has 0 aliphatic carbocycles. The Hall–Kier alpha value is -3.48. The monoisotopic (exact) mass is 348 g/mol. The fourth-order valence-electron chi connectivity index (χ4n) is 2.31. The molecular formula is C19H20N6O. The van der Waals surface area contributed by atoms with E-state index in [0.29, 0.717) is 18.3 Å². The van der Waals surface area contributed by atoms with Gasteiger partial charge in [-0.2, -0.15) is 10.1 Å². The number of anilines is 4. The molecular weight excluding hydrogens is 328 g/mol. The number of hydrogen-bond donors (Lipinski definition) is 3. The predicted octanol–water partition coefficient (Wildman–Crippen LogP) is 3.49. The highest BCUT2D eigenvalue weighted by atomic mass is 16.1. The molecule has 26 heavy (non-hydrogen) atoms. The summed E-state index contributed by atoms with van der Waals surface area (Å²) >= 11 is 0. The quantitative estimate of drug-likeness (QED) is 0.631. The van der Waals surface area contributed by atoms with Gasteiger partial charge in [0, 0.05) is 24.8 Å². The van der Waals surface area contributed by atoms with Gasteiger partial charge in [0.15, 0.2) is 5.82 Å². The standard InChI is InChI=1S/C19H20N6O/c1-13-3-5-15(6-4-13)11-20-19-24-18(12-21-25-19)23-17-9-7-16(8-10-17)22-14(2)26/h3-10,12H,11H2,1-2H3,(H,22,26)(H2,20,23,24,25). The van der Waals surface area contributed by atoms with E-state index in [-0.39, 0.29) is 5.91 Å². The third kappa shape index (κ3) is 5.01. The van der Waals surface area contributed by atoms with Gasteiger partial charge in [0.25, 0.3) is 0 Å². The molecule has 0 radical (unpaired) electrons. The normalized spacial score (nSPS) is 10.2. The van der Waals surface area contributed by atoms with Crippen molar-refractivity contribution in [2.75, 3.05) is 16.0 Å². The summed E-state index contributed by atoms with van der Waals surface area (Å²) in [6.07, 6.45) is 1.55. The largest absolute Gasteiger partial charge is 0.349 e. The van der Waals surface area contributed by atoms with Gasteiger partial charge in [0.1, 0.15) is 0 Å². The number of hydrogen-bond acceptors (Lipinski definition) is 6. The molecule has 0 aliphatic heterocycles. The molecule has 3 N–H and O–H groups in total. The van der Waals surface area contributed by atoms with Crippen LogP contribution in [-0.2, 0) is 11.3 Å². The Morgan fingerprint density at radius 2 is 1.69 bits per heavy atom. The van der Waals surface area contributed by atoms with Crippen molar-refractivity contribution in [1.82, 2.24) is 15.2 Å². The first kappa shape index (κ1) is 17.3. The Balaban J connectivity index is 1.61. The SMILES string of the molecule is CC(=O)Nc1ccc(Nc2cnnc(NCc3ccc(C)cc3)n2)cc1. The number of carbonyl (C=O) groups is 1. The topological polar surface area (TPSA) is 91.8 Å². The highest BCUT2D eigenvalue weighted by molar-refractivity contribution is 5.88. The highest BCUT2D eigenvalue weighted by Crippen LogP contribution is 2.17. The third-order valence-corrected chi connectivity index (χ3v) is 3.61. The number of aryl methyl sites for hydroxylation is 1. The van der Waals surface area contributed by atoms with Crippen LogP contribution in [0.4, 0.5) is 23.1 Å². The van der Waals surface area contributed by atoms with Crippen molar-refractivity contribution in [1.29, 1.82) is 0 Å². The van der Waals surface area contributed by atoms with Gasteiger partial charge in [0.2, 0.25) is 11.9 Å². The first-order valence-electron chi connectivity index (χ1n) is 8.22. The van der Waals surface area contributed by atoms with E-state index in [4.69, 9.17) is 0 Å². The number of rotatable bonds is 6. The maximum Gasteiger partial charge on any atom is 0.244 e. The van der Waals surface area contributed by atoms with Crippen LogP contribution in [0.25, 0.3) is 0 Å². The molecule has 7 nitrogen and oxygen atoms in total. The van der Waals surface area contributed by atoms with Crippen molar-refractivity contribution >= 4 is 29.0 Å². The van der Waals surface area contributed by atoms with Gasteiger partial charge in [-0.25, -0.2) is 0 Å². The van der Waals surface area contributed by atoms with Crippen LogP contribution >= 0.6 is 0 Å². The van der Waals surface area contributed by atoms with E-state index in [9.17, 15) is 4.79 Å². The van der Waals surface area contributed by atoms with Crippen LogP contribution in [0.15, 0.2) is 54.7 Å². The predicted molar refractivity (Wildman–Crippen MR) is 102 cm³/mol. The lowest BCUT2D eigenvalue weighted by molar-refractivity contribution is -0.114. The van der Waals surface area contributed by atoms with E-state index in [1.807, 2.05) is 24.3 Å². The average molecular weight is 348 g/mol. The lowest BCUT2D eigenvalue weighted by Gasteiger charge is -2.09. The summed E-state index contributed by atoms with van der Waals surface area (Å²) in [6, 6.07) is 15.6. The fraction of sp³-hybridized carbons (Fsp3) is 0.158. The van der Waals surface area contributed by atoms with Gasteiger partial charge in [-0.3, -0.25) is 4.79 Å². The van der Waals surface area contributed by atoms with Gasteiger partial charge in [0.05, 0.1) is 6.20 Å². The molecule has 3 aromatic rings. The first-order valence-corrected chi connectivity index (χ1v) is 8.22. The molecule has 132 valence electrons. The van der Waals surface area contributed by atoms with Crippen LogP contribution in [0, 0.1) is 6.92 Å². The molecule has 0 saturated heterocycles. The van der Waals surface area contributed by atoms with Crippen molar-refractivity contribution in [2.24, 2.45) is 0 Å². The maximum absolute atomic E-state index is 11.0. The summed E-state index contributed by atoms with van der Waals surface area (Å²) in [7, 11) is 0. The number of amides is 1. The van der Waals surface area contributed by atoms with E-state index >= 15 is 0 Å². The van der Waals surface area contributed by atoms with Gasteiger partial charge in [-0.1, -0.05) is 29.8 Å². The Morgan fingerprint density at radius 1 is 1.00 bits per heavy atom. The van der Waals surface area contributed by atoms with E-state index in [2.05, 4.69) is 62.3 Å². The van der Waals surface area contributed by atoms with E-state index < -0.39 is 0 Å². The summed E-state index contributed by atoms with van der Waals surface area (Å²) in [5.74, 6) is 0.930. The first-order chi connectivity index (χ1) is 12.6. The van der Waals surface area contributed by atoms with Crippen LogP contribution < -0.4 is 16.0 Å². The Kier molecular flexibility index (Phi) is 5.38. The third-order valence-electron chi connectivity index (χ3n) is 3.61. The second-order valence-corrected chi connectivity index (χ2v) is 5.89. The summed E-state index contributed by atoms with van der Waals surface area (Å²) in [4.78, 5) is 15.5. The van der Waals surface area contributed by atoms with Gasteiger partial charge in [-0.15, -0.1) is 5.10 Å². The van der Waals surface area contributed by atoms with Gasteiger partial charge < -0.3 is 16.0 Å². The summed E-state index contributed by atoms with van der Waals surface area (Å²) < 4.78 is 0. The molecule has 1 aromatic heterocycles. The number of nitrogens with zero attached hydrogens (tertiary/aromatic N) is 3. The van der Waals surface area contributed by atoms with Crippen molar-refractivity contribution < 1.29 is 4.79 Å². The molecule has 0 bridgehead atoms. The molecule has 1 amide bonds. The second kappa shape index (κ2) is 8.06. The Labute approximate surface area is 151 Å². The average Bonchev–Trinajstić information content (AvgIpc) is 2.63. The maximum atomic E-state index is 11.0. The minimum Gasteiger partial charge on any atom is -0.349 e. The van der Waals surface area contributed by atoms with Crippen LogP contribution in [0.2, 0.25) is 0 Å². The van der Waals surface area contributed by atoms with Crippen LogP contribution in [0.3, 0.4) is 0 Å². The Morgan fingerprint density at radius 3 is 2.38 bits per heavy atom.